The van der Waals surface area contributed by atoms with Gasteiger partial charge in [-0.1, -0.05) is 19.3 Å². The lowest BCUT2D eigenvalue weighted by Gasteiger charge is -2.38. The highest BCUT2D eigenvalue weighted by atomic mass is 16.3. The zero-order valence-corrected chi connectivity index (χ0v) is 11.3. The fraction of sp³-hybridized carbons (Fsp3) is 0.929. The van der Waals surface area contributed by atoms with Crippen LogP contribution in [-0.2, 0) is 4.79 Å². The number of aliphatic hydroxyl groups is 1. The number of carbonyl (C=O) groups excluding carboxylic acids is 1. The minimum atomic E-state index is -0.113. The molecule has 0 aliphatic heterocycles. The van der Waals surface area contributed by atoms with Crippen LogP contribution < -0.4 is 0 Å². The van der Waals surface area contributed by atoms with E-state index in [1.807, 2.05) is 0 Å². The quantitative estimate of drug-likeness (QED) is 0.695. The summed E-state index contributed by atoms with van der Waals surface area (Å²) in [4.78, 5) is 13.8. The van der Waals surface area contributed by atoms with Crippen LogP contribution in [-0.4, -0.2) is 42.0 Å². The average Bonchev–Trinajstić information content (AvgIpc) is 2.35. The SMILES string of the molecule is CC(C)N(CCCO)CC1(C=O)CCCCC1. The van der Waals surface area contributed by atoms with Gasteiger partial charge in [0, 0.05) is 31.2 Å². The highest BCUT2D eigenvalue weighted by Gasteiger charge is 2.34. The topological polar surface area (TPSA) is 40.5 Å². The molecule has 0 spiro atoms. The number of hydrogen-bond donors (Lipinski definition) is 1. The number of rotatable bonds is 7. The van der Waals surface area contributed by atoms with Crippen molar-refractivity contribution in [3.8, 4) is 0 Å². The van der Waals surface area contributed by atoms with Crippen molar-refractivity contribution in [3.63, 3.8) is 0 Å². The van der Waals surface area contributed by atoms with Gasteiger partial charge < -0.3 is 9.90 Å². The van der Waals surface area contributed by atoms with Gasteiger partial charge in [-0.05, 0) is 33.1 Å². The van der Waals surface area contributed by atoms with Gasteiger partial charge in [0.25, 0.3) is 0 Å². The second-order valence-corrected chi connectivity index (χ2v) is 5.68. The van der Waals surface area contributed by atoms with Gasteiger partial charge in [-0.15, -0.1) is 0 Å². The highest BCUT2D eigenvalue weighted by Crippen LogP contribution is 2.35. The molecule has 1 N–H and O–H groups in total. The molecule has 1 rings (SSSR count). The van der Waals surface area contributed by atoms with Crippen LogP contribution in [0.15, 0.2) is 0 Å². The molecule has 1 saturated carbocycles. The molecule has 0 amide bonds. The second-order valence-electron chi connectivity index (χ2n) is 5.68. The first-order chi connectivity index (χ1) is 8.13. The van der Waals surface area contributed by atoms with Crippen molar-refractivity contribution in [2.45, 2.75) is 58.4 Å². The number of nitrogens with zero attached hydrogens (tertiary/aromatic N) is 1. The molecule has 0 radical (unpaired) electrons. The maximum atomic E-state index is 11.4. The molecule has 3 nitrogen and oxygen atoms in total. The van der Waals surface area contributed by atoms with E-state index >= 15 is 0 Å². The van der Waals surface area contributed by atoms with E-state index in [0.717, 1.165) is 32.4 Å². The molecule has 0 aromatic heterocycles. The van der Waals surface area contributed by atoms with E-state index in [0.29, 0.717) is 6.04 Å². The van der Waals surface area contributed by atoms with Crippen LogP contribution in [0.25, 0.3) is 0 Å². The Labute approximate surface area is 105 Å². The number of hydrogen-bond acceptors (Lipinski definition) is 3. The molecular formula is C14H27NO2. The smallest absolute Gasteiger partial charge is 0.127 e. The van der Waals surface area contributed by atoms with Crippen LogP contribution in [0.5, 0.6) is 0 Å². The third kappa shape index (κ3) is 4.40. The van der Waals surface area contributed by atoms with Gasteiger partial charge in [-0.2, -0.15) is 0 Å². The first-order valence-electron chi connectivity index (χ1n) is 6.95. The molecule has 0 saturated heterocycles. The predicted molar refractivity (Wildman–Crippen MR) is 70.0 cm³/mol. The summed E-state index contributed by atoms with van der Waals surface area (Å²) in [5.74, 6) is 0. The average molecular weight is 241 g/mol. The molecular weight excluding hydrogens is 214 g/mol. The monoisotopic (exact) mass is 241 g/mol. The van der Waals surface area contributed by atoms with Gasteiger partial charge in [0.05, 0.1) is 0 Å². The number of aldehydes is 1. The summed E-state index contributed by atoms with van der Waals surface area (Å²) in [6.45, 7) is 6.33. The molecule has 1 fully saturated rings. The van der Waals surface area contributed by atoms with Gasteiger partial charge in [-0.3, -0.25) is 4.90 Å². The zero-order chi connectivity index (χ0) is 12.7. The minimum Gasteiger partial charge on any atom is -0.396 e. The van der Waals surface area contributed by atoms with E-state index < -0.39 is 0 Å². The maximum absolute atomic E-state index is 11.4. The normalized spacial score (nSPS) is 19.8. The molecule has 0 atom stereocenters. The Bertz CT molecular complexity index is 222. The van der Waals surface area contributed by atoms with Crippen LogP contribution in [0.2, 0.25) is 0 Å². The van der Waals surface area contributed by atoms with Crippen LogP contribution in [0.3, 0.4) is 0 Å². The lowest BCUT2D eigenvalue weighted by molar-refractivity contribution is -0.119. The van der Waals surface area contributed by atoms with Gasteiger partial charge in [0.2, 0.25) is 0 Å². The molecule has 3 heteroatoms. The first-order valence-corrected chi connectivity index (χ1v) is 6.95. The maximum Gasteiger partial charge on any atom is 0.127 e. The Hall–Kier alpha value is -0.410. The number of aliphatic hydroxyl groups excluding tert-OH is 1. The Morgan fingerprint density at radius 3 is 2.41 bits per heavy atom. The summed E-state index contributed by atoms with van der Waals surface area (Å²) in [5, 5.41) is 8.93. The van der Waals surface area contributed by atoms with E-state index in [-0.39, 0.29) is 12.0 Å². The Balaban J connectivity index is 2.58. The standard InChI is InChI=1S/C14H27NO2/c1-13(2)15(9-6-10-16)11-14(12-17)7-4-3-5-8-14/h12-13,16H,3-11H2,1-2H3. The van der Waals surface area contributed by atoms with Crippen LogP contribution in [0, 0.1) is 5.41 Å². The van der Waals surface area contributed by atoms with Crippen LogP contribution in [0.1, 0.15) is 52.4 Å². The van der Waals surface area contributed by atoms with Gasteiger partial charge in [0.15, 0.2) is 0 Å². The summed E-state index contributed by atoms with van der Waals surface area (Å²) in [6.07, 6.45) is 7.72. The summed E-state index contributed by atoms with van der Waals surface area (Å²) >= 11 is 0. The molecule has 0 aromatic carbocycles. The minimum absolute atomic E-state index is 0.113. The third-order valence-electron chi connectivity index (χ3n) is 3.95. The fourth-order valence-electron chi connectivity index (χ4n) is 2.77. The molecule has 0 heterocycles. The molecule has 1 aliphatic carbocycles. The van der Waals surface area contributed by atoms with Gasteiger partial charge in [-0.25, -0.2) is 0 Å². The van der Waals surface area contributed by atoms with Crippen molar-refractivity contribution >= 4 is 6.29 Å². The van der Waals surface area contributed by atoms with E-state index in [1.165, 1.54) is 25.5 Å². The van der Waals surface area contributed by atoms with Crippen molar-refractivity contribution < 1.29 is 9.90 Å². The highest BCUT2D eigenvalue weighted by molar-refractivity contribution is 5.60. The van der Waals surface area contributed by atoms with E-state index in [9.17, 15) is 4.79 Å². The first kappa shape index (κ1) is 14.7. The van der Waals surface area contributed by atoms with Crippen molar-refractivity contribution in [2.75, 3.05) is 19.7 Å². The zero-order valence-electron chi connectivity index (χ0n) is 11.3. The summed E-state index contributed by atoms with van der Waals surface area (Å²) in [6, 6.07) is 0.445. The molecule has 0 aromatic rings. The summed E-state index contributed by atoms with van der Waals surface area (Å²) in [5.41, 5.74) is -0.113. The van der Waals surface area contributed by atoms with Crippen molar-refractivity contribution in [1.82, 2.24) is 4.90 Å². The lowest BCUT2D eigenvalue weighted by atomic mass is 9.74. The molecule has 0 bridgehead atoms. The largest absolute Gasteiger partial charge is 0.396 e. The molecule has 1 aliphatic rings. The number of carbonyl (C=O) groups is 1. The molecule has 100 valence electrons. The van der Waals surface area contributed by atoms with Crippen LogP contribution in [0.4, 0.5) is 0 Å². The summed E-state index contributed by atoms with van der Waals surface area (Å²) < 4.78 is 0. The Morgan fingerprint density at radius 1 is 1.29 bits per heavy atom. The fourth-order valence-corrected chi connectivity index (χ4v) is 2.77. The van der Waals surface area contributed by atoms with Crippen LogP contribution >= 0.6 is 0 Å². The lowest BCUT2D eigenvalue weighted by Crippen LogP contribution is -2.44. The van der Waals surface area contributed by atoms with Crippen molar-refractivity contribution in [3.05, 3.63) is 0 Å². The second kappa shape index (κ2) is 7.12. The van der Waals surface area contributed by atoms with E-state index in [4.69, 9.17) is 5.11 Å². The van der Waals surface area contributed by atoms with Gasteiger partial charge in [0.1, 0.15) is 6.29 Å². The van der Waals surface area contributed by atoms with E-state index in [1.54, 1.807) is 0 Å². The molecule has 17 heavy (non-hydrogen) atoms. The predicted octanol–water partition coefficient (Wildman–Crippen LogP) is 2.23. The molecule has 0 unspecified atom stereocenters. The summed E-state index contributed by atoms with van der Waals surface area (Å²) in [7, 11) is 0. The van der Waals surface area contributed by atoms with Gasteiger partial charge >= 0.3 is 0 Å². The van der Waals surface area contributed by atoms with E-state index in [2.05, 4.69) is 18.7 Å². The Morgan fingerprint density at radius 2 is 1.94 bits per heavy atom. The third-order valence-corrected chi connectivity index (χ3v) is 3.95. The van der Waals surface area contributed by atoms with Crippen molar-refractivity contribution in [2.24, 2.45) is 5.41 Å². The van der Waals surface area contributed by atoms with Crippen molar-refractivity contribution in [1.29, 1.82) is 0 Å². The Kier molecular flexibility index (Phi) is 6.14.